The van der Waals surface area contributed by atoms with Gasteiger partial charge in [-0.2, -0.15) is 0 Å². The third kappa shape index (κ3) is 2.36. The zero-order valence-corrected chi connectivity index (χ0v) is 8.79. The molecule has 5 nitrogen and oxygen atoms in total. The summed E-state index contributed by atoms with van der Waals surface area (Å²) in [7, 11) is 0. The van der Waals surface area contributed by atoms with Crippen LogP contribution in [0.15, 0.2) is 12.4 Å². The summed E-state index contributed by atoms with van der Waals surface area (Å²) in [5.74, 6) is 0.859. The van der Waals surface area contributed by atoms with E-state index >= 15 is 0 Å². The smallest absolute Gasteiger partial charge is 0.237 e. The maximum atomic E-state index is 11.7. The molecule has 15 heavy (non-hydrogen) atoms. The molecule has 2 heterocycles. The van der Waals surface area contributed by atoms with Gasteiger partial charge in [0.1, 0.15) is 5.82 Å². The van der Waals surface area contributed by atoms with Crippen LogP contribution in [0.2, 0.25) is 0 Å². The minimum Gasteiger partial charge on any atom is -0.347 e. The van der Waals surface area contributed by atoms with Crippen LogP contribution in [0.1, 0.15) is 31.6 Å². The molecule has 0 aliphatic carbocycles. The SMILES string of the molecule is CC(NC(=O)[C@H]1CCCN1)c1ncc[nH]1. The molecule has 0 bridgehead atoms. The van der Waals surface area contributed by atoms with E-state index in [0.29, 0.717) is 0 Å². The van der Waals surface area contributed by atoms with Crippen molar-refractivity contribution in [3.63, 3.8) is 0 Å². The van der Waals surface area contributed by atoms with Crippen LogP contribution in [-0.4, -0.2) is 28.5 Å². The van der Waals surface area contributed by atoms with Crippen LogP contribution in [0, 0.1) is 0 Å². The summed E-state index contributed by atoms with van der Waals surface area (Å²) < 4.78 is 0. The zero-order chi connectivity index (χ0) is 10.7. The van der Waals surface area contributed by atoms with E-state index in [1.807, 2.05) is 6.92 Å². The van der Waals surface area contributed by atoms with Crippen molar-refractivity contribution >= 4 is 5.91 Å². The molecule has 1 unspecified atom stereocenters. The Bertz CT molecular complexity index is 316. The lowest BCUT2D eigenvalue weighted by Crippen LogP contribution is -2.41. The zero-order valence-electron chi connectivity index (χ0n) is 8.79. The van der Waals surface area contributed by atoms with E-state index in [-0.39, 0.29) is 18.0 Å². The highest BCUT2D eigenvalue weighted by Crippen LogP contribution is 2.09. The molecule has 1 amide bonds. The van der Waals surface area contributed by atoms with Gasteiger partial charge in [-0.25, -0.2) is 4.98 Å². The van der Waals surface area contributed by atoms with Gasteiger partial charge in [-0.3, -0.25) is 4.79 Å². The van der Waals surface area contributed by atoms with E-state index in [2.05, 4.69) is 20.6 Å². The summed E-state index contributed by atoms with van der Waals surface area (Å²) in [6.07, 6.45) is 5.45. The van der Waals surface area contributed by atoms with E-state index < -0.39 is 0 Å². The second kappa shape index (κ2) is 4.44. The average molecular weight is 208 g/mol. The van der Waals surface area contributed by atoms with E-state index in [1.165, 1.54) is 0 Å². The van der Waals surface area contributed by atoms with E-state index in [1.54, 1.807) is 12.4 Å². The van der Waals surface area contributed by atoms with Gasteiger partial charge in [0.15, 0.2) is 0 Å². The highest BCUT2D eigenvalue weighted by atomic mass is 16.2. The number of carbonyl (C=O) groups is 1. The van der Waals surface area contributed by atoms with Gasteiger partial charge in [0.25, 0.3) is 0 Å². The Morgan fingerprint density at radius 3 is 3.20 bits per heavy atom. The molecule has 1 aliphatic rings. The van der Waals surface area contributed by atoms with Crippen molar-refractivity contribution in [2.75, 3.05) is 6.54 Å². The fraction of sp³-hybridized carbons (Fsp3) is 0.600. The molecule has 2 atom stereocenters. The molecule has 1 fully saturated rings. The summed E-state index contributed by atoms with van der Waals surface area (Å²) in [5.41, 5.74) is 0. The number of carbonyl (C=O) groups excluding carboxylic acids is 1. The molecular formula is C10H16N4O. The first-order valence-corrected chi connectivity index (χ1v) is 5.30. The molecule has 3 N–H and O–H groups in total. The first-order chi connectivity index (χ1) is 7.27. The third-order valence-electron chi connectivity index (χ3n) is 2.67. The van der Waals surface area contributed by atoms with Crippen LogP contribution in [0.5, 0.6) is 0 Å². The number of amides is 1. The van der Waals surface area contributed by atoms with Crippen molar-refractivity contribution in [1.29, 1.82) is 0 Å². The summed E-state index contributed by atoms with van der Waals surface area (Å²) in [6, 6.07) is -0.0858. The molecule has 5 heteroatoms. The number of nitrogens with one attached hydrogen (secondary N) is 3. The highest BCUT2D eigenvalue weighted by Gasteiger charge is 2.23. The van der Waals surface area contributed by atoms with Crippen molar-refractivity contribution in [3.05, 3.63) is 18.2 Å². The Labute approximate surface area is 88.7 Å². The molecular weight excluding hydrogens is 192 g/mol. The Morgan fingerprint density at radius 2 is 2.60 bits per heavy atom. The van der Waals surface area contributed by atoms with Crippen molar-refractivity contribution in [1.82, 2.24) is 20.6 Å². The van der Waals surface area contributed by atoms with Crippen LogP contribution in [0.3, 0.4) is 0 Å². The van der Waals surface area contributed by atoms with Gasteiger partial charge in [-0.05, 0) is 26.3 Å². The molecule has 0 saturated carbocycles. The van der Waals surface area contributed by atoms with E-state index in [4.69, 9.17) is 0 Å². The molecule has 0 aromatic carbocycles. The number of aromatic amines is 1. The second-order valence-electron chi connectivity index (χ2n) is 3.85. The summed E-state index contributed by atoms with van der Waals surface area (Å²) in [5, 5.41) is 6.09. The molecule has 82 valence electrons. The predicted molar refractivity (Wildman–Crippen MR) is 56.2 cm³/mol. The number of hydrogen-bond acceptors (Lipinski definition) is 3. The largest absolute Gasteiger partial charge is 0.347 e. The Balaban J connectivity index is 1.88. The fourth-order valence-electron chi connectivity index (χ4n) is 1.80. The number of aromatic nitrogens is 2. The Kier molecular flexibility index (Phi) is 3.01. The van der Waals surface area contributed by atoms with Gasteiger partial charge in [0, 0.05) is 12.4 Å². The first-order valence-electron chi connectivity index (χ1n) is 5.30. The van der Waals surface area contributed by atoms with E-state index in [0.717, 1.165) is 25.2 Å². The second-order valence-corrected chi connectivity index (χ2v) is 3.85. The standard InChI is InChI=1S/C10H16N4O/c1-7(9-12-5-6-13-9)14-10(15)8-3-2-4-11-8/h5-8,11H,2-4H2,1H3,(H,12,13)(H,14,15)/t7?,8-/m1/s1. The number of imidazole rings is 1. The number of nitrogens with zero attached hydrogens (tertiary/aromatic N) is 1. The minimum absolute atomic E-state index is 0.0255. The third-order valence-corrected chi connectivity index (χ3v) is 2.67. The maximum Gasteiger partial charge on any atom is 0.237 e. The van der Waals surface area contributed by atoms with Crippen molar-refractivity contribution in [2.24, 2.45) is 0 Å². The summed E-state index contributed by atoms with van der Waals surface area (Å²) in [4.78, 5) is 18.8. The monoisotopic (exact) mass is 208 g/mol. The summed E-state index contributed by atoms with van der Waals surface area (Å²) >= 11 is 0. The molecule has 0 spiro atoms. The van der Waals surface area contributed by atoms with Gasteiger partial charge in [0.2, 0.25) is 5.91 Å². The molecule has 1 aliphatic heterocycles. The molecule has 1 saturated heterocycles. The van der Waals surface area contributed by atoms with Gasteiger partial charge >= 0.3 is 0 Å². The van der Waals surface area contributed by atoms with Crippen LogP contribution in [0.4, 0.5) is 0 Å². The van der Waals surface area contributed by atoms with Gasteiger partial charge in [0.05, 0.1) is 12.1 Å². The summed E-state index contributed by atoms with van der Waals surface area (Å²) in [6.45, 7) is 2.86. The minimum atomic E-state index is -0.0603. The average Bonchev–Trinajstić information content (AvgIpc) is 2.91. The quantitative estimate of drug-likeness (QED) is 0.671. The normalized spacial score (nSPS) is 22.6. The molecule has 2 rings (SSSR count). The highest BCUT2D eigenvalue weighted by molar-refractivity contribution is 5.82. The van der Waals surface area contributed by atoms with Gasteiger partial charge in [-0.1, -0.05) is 0 Å². The van der Waals surface area contributed by atoms with E-state index in [9.17, 15) is 4.79 Å². The molecule has 1 aromatic heterocycles. The number of H-pyrrole nitrogens is 1. The lowest BCUT2D eigenvalue weighted by atomic mass is 10.2. The fourth-order valence-corrected chi connectivity index (χ4v) is 1.80. The van der Waals surface area contributed by atoms with Gasteiger partial charge < -0.3 is 15.6 Å². The van der Waals surface area contributed by atoms with Crippen LogP contribution < -0.4 is 10.6 Å². The van der Waals surface area contributed by atoms with Crippen LogP contribution in [0.25, 0.3) is 0 Å². The molecule has 0 radical (unpaired) electrons. The van der Waals surface area contributed by atoms with Gasteiger partial charge in [-0.15, -0.1) is 0 Å². The Hall–Kier alpha value is -1.36. The lowest BCUT2D eigenvalue weighted by Gasteiger charge is -2.15. The van der Waals surface area contributed by atoms with Crippen molar-refractivity contribution in [3.8, 4) is 0 Å². The van der Waals surface area contributed by atoms with Crippen LogP contribution in [-0.2, 0) is 4.79 Å². The number of hydrogen-bond donors (Lipinski definition) is 3. The van der Waals surface area contributed by atoms with Crippen molar-refractivity contribution < 1.29 is 4.79 Å². The predicted octanol–water partition coefficient (Wildman–Crippen LogP) is 0.339. The first kappa shape index (κ1) is 10.2. The maximum absolute atomic E-state index is 11.7. The van der Waals surface area contributed by atoms with Crippen molar-refractivity contribution in [2.45, 2.75) is 31.8 Å². The Morgan fingerprint density at radius 1 is 1.73 bits per heavy atom. The number of rotatable bonds is 3. The topological polar surface area (TPSA) is 69.8 Å². The van der Waals surface area contributed by atoms with Crippen LogP contribution >= 0.6 is 0 Å². The lowest BCUT2D eigenvalue weighted by molar-refractivity contribution is -0.123. The molecule has 1 aromatic rings.